The maximum Gasteiger partial charge on any atom is 0.435 e. The van der Waals surface area contributed by atoms with Crippen molar-refractivity contribution < 1.29 is 18.0 Å². The Morgan fingerprint density at radius 1 is 1.32 bits per heavy atom. The van der Waals surface area contributed by atoms with Gasteiger partial charge in [-0.1, -0.05) is 6.92 Å². The molecule has 8 nitrogen and oxygen atoms in total. The van der Waals surface area contributed by atoms with E-state index in [9.17, 15) is 18.0 Å². The van der Waals surface area contributed by atoms with Gasteiger partial charge >= 0.3 is 6.18 Å². The van der Waals surface area contributed by atoms with Gasteiger partial charge in [0.2, 0.25) is 5.82 Å². The maximum absolute atomic E-state index is 12.5. The fourth-order valence-electron chi connectivity index (χ4n) is 2.17. The summed E-state index contributed by atoms with van der Waals surface area (Å²) in [7, 11) is 0. The lowest BCUT2D eigenvalue weighted by Gasteiger charge is -2.12. The Hall–Kier alpha value is -2.98. The molecular formula is C14H14F3N7O. The highest BCUT2D eigenvalue weighted by Gasteiger charge is 2.33. The molecular weight excluding hydrogens is 339 g/mol. The van der Waals surface area contributed by atoms with E-state index in [1.807, 2.05) is 0 Å². The first-order chi connectivity index (χ1) is 11.8. The Labute approximate surface area is 139 Å². The highest BCUT2D eigenvalue weighted by atomic mass is 19.4. The van der Waals surface area contributed by atoms with Gasteiger partial charge in [-0.3, -0.25) is 9.48 Å². The number of nitrogens with zero attached hydrogens (tertiary/aromatic N) is 6. The van der Waals surface area contributed by atoms with E-state index >= 15 is 0 Å². The fourth-order valence-corrected chi connectivity index (χ4v) is 2.17. The van der Waals surface area contributed by atoms with Crippen LogP contribution in [0.2, 0.25) is 0 Å². The van der Waals surface area contributed by atoms with Crippen LogP contribution in [-0.2, 0) is 12.7 Å². The molecule has 1 N–H and O–H groups in total. The number of halogens is 3. The maximum atomic E-state index is 12.5. The van der Waals surface area contributed by atoms with Gasteiger partial charge in [0.05, 0.1) is 0 Å². The molecule has 25 heavy (non-hydrogen) atoms. The zero-order valence-electron chi connectivity index (χ0n) is 13.1. The summed E-state index contributed by atoms with van der Waals surface area (Å²) in [4.78, 5) is 20.0. The Balaban J connectivity index is 1.55. The number of aromatic nitrogens is 6. The summed E-state index contributed by atoms with van der Waals surface area (Å²) in [6.07, 6.45) is -0.0558. The summed E-state index contributed by atoms with van der Waals surface area (Å²) in [5, 5.41) is 10.1. The van der Waals surface area contributed by atoms with Crippen LogP contribution in [0.4, 0.5) is 13.2 Å². The molecule has 0 aliphatic carbocycles. The third-order valence-corrected chi connectivity index (χ3v) is 3.36. The van der Waals surface area contributed by atoms with Crippen LogP contribution < -0.4 is 5.32 Å². The molecule has 0 aromatic carbocycles. The Morgan fingerprint density at radius 3 is 2.80 bits per heavy atom. The van der Waals surface area contributed by atoms with Gasteiger partial charge in [0.15, 0.2) is 5.69 Å². The third-order valence-electron chi connectivity index (χ3n) is 3.36. The summed E-state index contributed by atoms with van der Waals surface area (Å²) >= 11 is 0. The molecule has 0 aliphatic heterocycles. The van der Waals surface area contributed by atoms with Crippen LogP contribution in [0, 0.1) is 5.92 Å². The largest absolute Gasteiger partial charge is 0.435 e. The summed E-state index contributed by atoms with van der Waals surface area (Å²) in [6, 6.07) is 2.57. The Morgan fingerprint density at radius 2 is 2.12 bits per heavy atom. The van der Waals surface area contributed by atoms with Gasteiger partial charge in [-0.05, 0) is 18.1 Å². The molecule has 3 heterocycles. The van der Waals surface area contributed by atoms with Crippen LogP contribution in [0.1, 0.15) is 23.2 Å². The Bertz CT molecular complexity index is 853. The van der Waals surface area contributed by atoms with Crippen molar-refractivity contribution in [2.45, 2.75) is 19.6 Å². The van der Waals surface area contributed by atoms with Crippen LogP contribution in [0.15, 0.2) is 30.7 Å². The predicted octanol–water partition coefficient (Wildman–Crippen LogP) is 1.41. The second-order valence-electron chi connectivity index (χ2n) is 5.54. The van der Waals surface area contributed by atoms with Gasteiger partial charge in [-0.2, -0.15) is 23.3 Å². The SMILES string of the molecule is CC(CNC(=O)c1nc2ncccn2n1)Cn1ccc(C(F)(F)F)n1. The number of nitrogens with one attached hydrogen (secondary N) is 1. The standard InChI is InChI=1S/C14H14F3N7O/c1-9(8-23-6-3-10(21-23)14(15,16)17)7-19-12(25)11-20-13-18-4-2-5-24(13)22-11/h2-6,9H,7-8H2,1H3,(H,19,25). The van der Waals surface area contributed by atoms with E-state index in [0.29, 0.717) is 5.78 Å². The molecule has 1 atom stereocenters. The fraction of sp³-hybridized carbons (Fsp3) is 0.357. The van der Waals surface area contributed by atoms with Crippen LogP contribution in [0.25, 0.3) is 5.78 Å². The van der Waals surface area contributed by atoms with E-state index in [1.54, 1.807) is 19.2 Å². The predicted molar refractivity (Wildman–Crippen MR) is 79.5 cm³/mol. The minimum absolute atomic E-state index is 0.0238. The Kier molecular flexibility index (Phi) is 4.38. The minimum atomic E-state index is -4.47. The van der Waals surface area contributed by atoms with Crippen molar-refractivity contribution in [1.82, 2.24) is 34.7 Å². The summed E-state index contributed by atoms with van der Waals surface area (Å²) in [5.41, 5.74) is -0.940. The van der Waals surface area contributed by atoms with E-state index in [2.05, 4.69) is 25.5 Å². The van der Waals surface area contributed by atoms with Crippen molar-refractivity contribution in [3.63, 3.8) is 0 Å². The minimum Gasteiger partial charge on any atom is -0.349 e. The first kappa shape index (κ1) is 16.9. The van der Waals surface area contributed by atoms with Gasteiger partial charge in [-0.25, -0.2) is 9.50 Å². The molecule has 0 saturated heterocycles. The lowest BCUT2D eigenvalue weighted by molar-refractivity contribution is -0.141. The average Bonchev–Trinajstić information content (AvgIpc) is 3.18. The second kappa shape index (κ2) is 6.49. The van der Waals surface area contributed by atoms with Crippen LogP contribution >= 0.6 is 0 Å². The zero-order valence-corrected chi connectivity index (χ0v) is 13.1. The van der Waals surface area contributed by atoms with Gasteiger partial charge in [0.25, 0.3) is 11.7 Å². The molecule has 132 valence electrons. The van der Waals surface area contributed by atoms with Crippen molar-refractivity contribution >= 4 is 11.7 Å². The number of carbonyl (C=O) groups is 1. The van der Waals surface area contributed by atoms with Crippen molar-refractivity contribution in [1.29, 1.82) is 0 Å². The van der Waals surface area contributed by atoms with E-state index < -0.39 is 17.8 Å². The van der Waals surface area contributed by atoms with E-state index in [1.165, 1.54) is 21.6 Å². The highest BCUT2D eigenvalue weighted by molar-refractivity contribution is 5.90. The summed E-state index contributed by atoms with van der Waals surface area (Å²) < 4.78 is 40.1. The summed E-state index contributed by atoms with van der Waals surface area (Å²) in [6.45, 7) is 2.26. The third kappa shape index (κ3) is 3.92. The first-order valence-corrected chi connectivity index (χ1v) is 7.39. The van der Waals surface area contributed by atoms with Crippen molar-refractivity contribution in [2.24, 2.45) is 5.92 Å². The molecule has 11 heteroatoms. The number of rotatable bonds is 5. The molecule has 0 radical (unpaired) electrons. The normalized spacial score (nSPS) is 13.1. The number of carbonyl (C=O) groups excluding carboxylic acids is 1. The van der Waals surface area contributed by atoms with Crippen molar-refractivity contribution in [2.75, 3.05) is 6.54 Å². The second-order valence-corrected chi connectivity index (χ2v) is 5.54. The van der Waals surface area contributed by atoms with Gasteiger partial charge < -0.3 is 5.32 Å². The number of hydrogen-bond donors (Lipinski definition) is 1. The van der Waals surface area contributed by atoms with Crippen LogP contribution in [-0.4, -0.2) is 41.8 Å². The molecule has 3 rings (SSSR count). The van der Waals surface area contributed by atoms with Gasteiger partial charge in [-0.15, -0.1) is 5.10 Å². The number of alkyl halides is 3. The van der Waals surface area contributed by atoms with E-state index in [-0.39, 0.29) is 24.8 Å². The first-order valence-electron chi connectivity index (χ1n) is 7.39. The number of hydrogen-bond acceptors (Lipinski definition) is 5. The molecule has 0 aliphatic rings. The lowest BCUT2D eigenvalue weighted by Crippen LogP contribution is -2.31. The molecule has 3 aromatic rings. The quantitative estimate of drug-likeness (QED) is 0.749. The van der Waals surface area contributed by atoms with Crippen LogP contribution in [0.3, 0.4) is 0 Å². The summed E-state index contributed by atoms with van der Waals surface area (Å²) in [5.74, 6) is -0.338. The van der Waals surface area contributed by atoms with E-state index in [0.717, 1.165) is 6.07 Å². The molecule has 0 fully saturated rings. The molecule has 3 aromatic heterocycles. The molecule has 0 bridgehead atoms. The highest BCUT2D eigenvalue weighted by Crippen LogP contribution is 2.27. The molecule has 0 spiro atoms. The number of amides is 1. The van der Waals surface area contributed by atoms with Crippen LogP contribution in [0.5, 0.6) is 0 Å². The van der Waals surface area contributed by atoms with E-state index in [4.69, 9.17) is 0 Å². The topological polar surface area (TPSA) is 90.0 Å². The average molecular weight is 353 g/mol. The molecule has 1 amide bonds. The van der Waals surface area contributed by atoms with Gasteiger partial charge in [0.1, 0.15) is 0 Å². The van der Waals surface area contributed by atoms with Crippen molar-refractivity contribution in [3.05, 3.63) is 42.2 Å². The smallest absolute Gasteiger partial charge is 0.349 e. The number of fused-ring (bicyclic) bond motifs is 1. The molecule has 0 saturated carbocycles. The van der Waals surface area contributed by atoms with Crippen molar-refractivity contribution in [3.8, 4) is 0 Å². The van der Waals surface area contributed by atoms with Gasteiger partial charge in [0, 0.05) is 31.7 Å². The monoisotopic (exact) mass is 353 g/mol. The zero-order chi connectivity index (χ0) is 18.0. The molecule has 1 unspecified atom stereocenters. The lowest BCUT2D eigenvalue weighted by atomic mass is 10.2.